The van der Waals surface area contributed by atoms with E-state index >= 15 is 0 Å². The number of nitrogens with one attached hydrogen (secondary N) is 1. The van der Waals surface area contributed by atoms with Gasteiger partial charge in [0, 0.05) is 24.4 Å². The van der Waals surface area contributed by atoms with Crippen molar-refractivity contribution in [3.8, 4) is 11.5 Å². The van der Waals surface area contributed by atoms with Crippen molar-refractivity contribution < 1.29 is 32.2 Å². The molecule has 6 nitrogen and oxygen atoms in total. The minimum Gasteiger partial charge on any atom is -0.497 e. The van der Waals surface area contributed by atoms with Gasteiger partial charge in [-0.05, 0) is 42.5 Å². The molecule has 0 unspecified atom stereocenters. The molecule has 0 saturated heterocycles. The Hall–Kier alpha value is -3.20. The fourth-order valence-electron chi connectivity index (χ4n) is 2.57. The Balaban J connectivity index is 2.03. The maximum atomic E-state index is 12.9. The summed E-state index contributed by atoms with van der Waals surface area (Å²) in [6, 6.07) is 8.08. The van der Waals surface area contributed by atoms with Crippen molar-refractivity contribution in [1.82, 2.24) is 4.90 Å². The predicted molar refractivity (Wildman–Crippen MR) is 111 cm³/mol. The first-order valence-corrected chi connectivity index (χ1v) is 9.24. The van der Waals surface area contributed by atoms with Gasteiger partial charge in [0.15, 0.2) is 0 Å². The van der Waals surface area contributed by atoms with Crippen LogP contribution in [0, 0.1) is 0 Å². The standard InChI is InChI=1S/C21H20ClF3N2O4/c1-27(20(29)9-4-13-10-15(30-2)6-8-18(13)31-3)12-19(28)26-14-5-7-17(22)16(11-14)21(23,24)25/h4-11H,12H2,1-3H3,(H,26,28)/b9-4-. The van der Waals surface area contributed by atoms with Crippen LogP contribution in [0.2, 0.25) is 5.02 Å². The summed E-state index contributed by atoms with van der Waals surface area (Å²) in [4.78, 5) is 25.6. The maximum absolute atomic E-state index is 12.9. The van der Waals surface area contributed by atoms with Crippen molar-refractivity contribution in [1.29, 1.82) is 0 Å². The van der Waals surface area contributed by atoms with Crippen molar-refractivity contribution in [2.75, 3.05) is 33.1 Å². The Bertz CT molecular complexity index is 993. The number of benzene rings is 2. The number of likely N-dealkylation sites (N-methyl/N-ethyl adjacent to an activating group) is 1. The lowest BCUT2D eigenvalue weighted by Gasteiger charge is -2.16. The number of nitrogens with zero attached hydrogens (tertiary/aromatic N) is 1. The Morgan fingerprint density at radius 2 is 1.84 bits per heavy atom. The number of anilines is 1. The molecular formula is C21H20ClF3N2O4. The monoisotopic (exact) mass is 456 g/mol. The number of methoxy groups -OCH3 is 2. The highest BCUT2D eigenvalue weighted by atomic mass is 35.5. The van der Waals surface area contributed by atoms with Gasteiger partial charge in [0.2, 0.25) is 11.8 Å². The van der Waals surface area contributed by atoms with E-state index in [1.165, 1.54) is 39.5 Å². The van der Waals surface area contributed by atoms with Crippen LogP contribution >= 0.6 is 11.6 Å². The molecule has 0 atom stereocenters. The van der Waals surface area contributed by atoms with Crippen LogP contribution in [0.3, 0.4) is 0 Å². The number of hydrogen-bond acceptors (Lipinski definition) is 4. The highest BCUT2D eigenvalue weighted by Crippen LogP contribution is 2.36. The molecule has 0 fully saturated rings. The molecule has 0 radical (unpaired) electrons. The first-order valence-electron chi connectivity index (χ1n) is 8.87. The number of ether oxygens (including phenoxy) is 2. The van der Waals surface area contributed by atoms with E-state index in [1.54, 1.807) is 18.2 Å². The van der Waals surface area contributed by atoms with Crippen molar-refractivity contribution in [3.05, 3.63) is 58.6 Å². The van der Waals surface area contributed by atoms with Gasteiger partial charge in [-0.3, -0.25) is 9.59 Å². The molecule has 0 spiro atoms. The van der Waals surface area contributed by atoms with Gasteiger partial charge < -0.3 is 19.7 Å². The Morgan fingerprint density at radius 1 is 1.13 bits per heavy atom. The number of alkyl halides is 3. The molecule has 166 valence electrons. The average molecular weight is 457 g/mol. The zero-order chi connectivity index (χ0) is 23.2. The van der Waals surface area contributed by atoms with Crippen LogP contribution in [-0.2, 0) is 15.8 Å². The highest BCUT2D eigenvalue weighted by Gasteiger charge is 2.33. The van der Waals surface area contributed by atoms with Gasteiger partial charge in [0.25, 0.3) is 0 Å². The predicted octanol–water partition coefficient (Wildman–Crippen LogP) is 4.49. The largest absolute Gasteiger partial charge is 0.497 e. The van der Waals surface area contributed by atoms with E-state index in [-0.39, 0.29) is 12.2 Å². The van der Waals surface area contributed by atoms with Gasteiger partial charge in [0.1, 0.15) is 11.5 Å². The number of hydrogen-bond donors (Lipinski definition) is 1. The second kappa shape index (κ2) is 10.2. The lowest BCUT2D eigenvalue weighted by molar-refractivity contribution is -0.137. The van der Waals surface area contributed by atoms with Gasteiger partial charge in [-0.1, -0.05) is 11.6 Å². The number of halogens is 4. The molecule has 31 heavy (non-hydrogen) atoms. The first-order chi connectivity index (χ1) is 14.5. The summed E-state index contributed by atoms with van der Waals surface area (Å²) in [5.74, 6) is -0.0685. The van der Waals surface area contributed by atoms with Gasteiger partial charge in [0.05, 0.1) is 31.4 Å². The normalized spacial score (nSPS) is 11.3. The molecule has 2 aromatic carbocycles. The van der Waals surface area contributed by atoms with Gasteiger partial charge >= 0.3 is 6.18 Å². The number of carbonyl (C=O) groups is 2. The molecule has 1 N–H and O–H groups in total. The van der Waals surface area contributed by atoms with Crippen LogP contribution in [-0.4, -0.2) is 44.5 Å². The van der Waals surface area contributed by atoms with Crippen LogP contribution in [0.5, 0.6) is 11.5 Å². The molecule has 2 aromatic rings. The summed E-state index contributed by atoms with van der Waals surface area (Å²) in [5, 5.41) is 1.85. The van der Waals surface area contributed by atoms with E-state index in [0.29, 0.717) is 17.1 Å². The Labute approximate surface area is 182 Å². The van der Waals surface area contributed by atoms with Crippen LogP contribution in [0.4, 0.5) is 18.9 Å². The summed E-state index contributed by atoms with van der Waals surface area (Å²) in [6.45, 7) is -0.373. The summed E-state index contributed by atoms with van der Waals surface area (Å²) in [6.07, 6.45) is -1.90. The molecule has 2 amide bonds. The zero-order valence-electron chi connectivity index (χ0n) is 16.9. The van der Waals surface area contributed by atoms with E-state index in [9.17, 15) is 22.8 Å². The van der Waals surface area contributed by atoms with E-state index in [0.717, 1.165) is 17.0 Å². The van der Waals surface area contributed by atoms with E-state index in [2.05, 4.69) is 5.32 Å². The van der Waals surface area contributed by atoms with E-state index in [4.69, 9.17) is 21.1 Å². The van der Waals surface area contributed by atoms with Crippen LogP contribution in [0.15, 0.2) is 42.5 Å². The number of rotatable bonds is 7. The minimum absolute atomic E-state index is 0.0840. The summed E-state index contributed by atoms with van der Waals surface area (Å²) in [5.41, 5.74) is -0.556. The fourth-order valence-corrected chi connectivity index (χ4v) is 2.80. The minimum atomic E-state index is -4.66. The quantitative estimate of drug-likeness (QED) is 0.623. The van der Waals surface area contributed by atoms with Crippen LogP contribution in [0.25, 0.3) is 6.08 Å². The highest BCUT2D eigenvalue weighted by molar-refractivity contribution is 6.31. The first kappa shape index (κ1) is 24.1. The van der Waals surface area contributed by atoms with Crippen LogP contribution < -0.4 is 14.8 Å². The fraction of sp³-hybridized carbons (Fsp3) is 0.238. The lowest BCUT2D eigenvalue weighted by Crippen LogP contribution is -2.33. The molecule has 10 heteroatoms. The molecule has 0 heterocycles. The average Bonchev–Trinajstić information content (AvgIpc) is 2.72. The Morgan fingerprint density at radius 3 is 2.45 bits per heavy atom. The number of carbonyl (C=O) groups excluding carboxylic acids is 2. The molecule has 0 aliphatic carbocycles. The summed E-state index contributed by atoms with van der Waals surface area (Å²) >= 11 is 5.56. The van der Waals surface area contributed by atoms with Crippen LogP contribution in [0.1, 0.15) is 11.1 Å². The third kappa shape index (κ3) is 6.65. The van der Waals surface area contributed by atoms with Crippen molar-refractivity contribution in [2.45, 2.75) is 6.18 Å². The Kier molecular flexibility index (Phi) is 7.93. The third-order valence-electron chi connectivity index (χ3n) is 4.15. The molecule has 0 aliphatic heterocycles. The van der Waals surface area contributed by atoms with Gasteiger partial charge in [-0.15, -0.1) is 0 Å². The van der Waals surface area contributed by atoms with Crippen molar-refractivity contribution in [3.63, 3.8) is 0 Å². The number of amides is 2. The molecule has 0 saturated carbocycles. The van der Waals surface area contributed by atoms with E-state index in [1.807, 2.05) is 0 Å². The van der Waals surface area contributed by atoms with E-state index < -0.39 is 28.6 Å². The third-order valence-corrected chi connectivity index (χ3v) is 4.48. The zero-order valence-corrected chi connectivity index (χ0v) is 17.7. The second-order valence-corrected chi connectivity index (χ2v) is 6.78. The van der Waals surface area contributed by atoms with Gasteiger partial charge in [-0.25, -0.2) is 0 Å². The van der Waals surface area contributed by atoms with Crippen molar-refractivity contribution in [2.24, 2.45) is 0 Å². The van der Waals surface area contributed by atoms with Gasteiger partial charge in [-0.2, -0.15) is 13.2 Å². The smallest absolute Gasteiger partial charge is 0.417 e. The lowest BCUT2D eigenvalue weighted by atomic mass is 10.1. The topological polar surface area (TPSA) is 67.9 Å². The van der Waals surface area contributed by atoms with Crippen molar-refractivity contribution >= 4 is 35.2 Å². The maximum Gasteiger partial charge on any atom is 0.417 e. The molecular weight excluding hydrogens is 437 g/mol. The second-order valence-electron chi connectivity index (χ2n) is 6.38. The SMILES string of the molecule is COc1ccc(OC)c(/C=C\C(=O)N(C)CC(=O)Nc2ccc(Cl)c(C(F)(F)F)c2)c1. The molecule has 0 aliphatic rings. The summed E-state index contributed by atoms with van der Waals surface area (Å²) < 4.78 is 49.2. The molecule has 0 bridgehead atoms. The molecule has 0 aromatic heterocycles. The summed E-state index contributed by atoms with van der Waals surface area (Å²) in [7, 11) is 4.38. The molecule has 2 rings (SSSR count).